The molecule has 0 unspecified atom stereocenters. The molecular formula is C11H12N2O. The van der Waals surface area contributed by atoms with E-state index in [1.54, 1.807) is 20.0 Å². The van der Waals surface area contributed by atoms with Gasteiger partial charge in [0.15, 0.2) is 0 Å². The zero-order valence-corrected chi connectivity index (χ0v) is 8.23. The lowest BCUT2D eigenvalue weighted by atomic mass is 10.1. The molecule has 0 fully saturated rings. The summed E-state index contributed by atoms with van der Waals surface area (Å²) >= 11 is 0. The number of para-hydroxylation sites is 2. The summed E-state index contributed by atoms with van der Waals surface area (Å²) in [6.45, 7) is 3.40. The number of aliphatic hydroxyl groups is 1. The van der Waals surface area contributed by atoms with Crippen molar-refractivity contribution in [3.8, 4) is 0 Å². The molecule has 2 rings (SSSR count). The van der Waals surface area contributed by atoms with E-state index in [0.29, 0.717) is 5.69 Å². The number of rotatable bonds is 1. The minimum Gasteiger partial charge on any atom is -0.384 e. The Hall–Kier alpha value is -1.48. The molecule has 1 heterocycles. The van der Waals surface area contributed by atoms with Crippen molar-refractivity contribution in [1.29, 1.82) is 0 Å². The molecule has 72 valence electrons. The lowest BCUT2D eigenvalue weighted by Crippen LogP contribution is -2.17. The van der Waals surface area contributed by atoms with Crippen LogP contribution >= 0.6 is 0 Å². The summed E-state index contributed by atoms with van der Waals surface area (Å²) in [4.78, 5) is 8.56. The quantitative estimate of drug-likeness (QED) is 0.743. The lowest BCUT2D eigenvalue weighted by molar-refractivity contribution is 0.0738. The topological polar surface area (TPSA) is 46.0 Å². The Labute approximate surface area is 82.4 Å². The van der Waals surface area contributed by atoms with Crippen LogP contribution in [0.3, 0.4) is 0 Å². The molecule has 0 saturated carbocycles. The molecule has 3 heteroatoms. The molecule has 0 aliphatic heterocycles. The van der Waals surface area contributed by atoms with Gasteiger partial charge in [0.05, 0.1) is 22.9 Å². The minimum absolute atomic E-state index is 0.594. The van der Waals surface area contributed by atoms with Gasteiger partial charge in [0, 0.05) is 0 Å². The number of benzene rings is 1. The fourth-order valence-electron chi connectivity index (χ4n) is 1.25. The molecule has 2 aromatic rings. The Bertz CT molecular complexity index is 460. The van der Waals surface area contributed by atoms with Crippen LogP contribution in [0.2, 0.25) is 0 Å². The van der Waals surface area contributed by atoms with Gasteiger partial charge >= 0.3 is 0 Å². The van der Waals surface area contributed by atoms with E-state index in [2.05, 4.69) is 9.97 Å². The monoisotopic (exact) mass is 188 g/mol. The van der Waals surface area contributed by atoms with E-state index in [9.17, 15) is 5.11 Å². The molecule has 0 aliphatic carbocycles. The standard InChI is InChI=1S/C11H12N2O/c1-11(2,14)10-7-12-8-5-3-4-6-9(8)13-10/h3-7,14H,1-2H3. The molecule has 0 spiro atoms. The van der Waals surface area contributed by atoms with Gasteiger partial charge < -0.3 is 5.11 Å². The number of hydrogen-bond donors (Lipinski definition) is 1. The van der Waals surface area contributed by atoms with Crippen molar-refractivity contribution >= 4 is 11.0 Å². The lowest BCUT2D eigenvalue weighted by Gasteiger charge is -2.15. The second-order valence-electron chi connectivity index (χ2n) is 3.80. The number of fused-ring (bicyclic) bond motifs is 1. The maximum atomic E-state index is 9.75. The van der Waals surface area contributed by atoms with Gasteiger partial charge in [-0.2, -0.15) is 0 Å². The first-order valence-electron chi connectivity index (χ1n) is 4.52. The van der Waals surface area contributed by atoms with Crippen LogP contribution in [0.4, 0.5) is 0 Å². The third-order valence-electron chi connectivity index (χ3n) is 2.08. The van der Waals surface area contributed by atoms with Gasteiger partial charge in [-0.25, -0.2) is 4.98 Å². The van der Waals surface area contributed by atoms with Gasteiger partial charge in [-0.05, 0) is 26.0 Å². The highest BCUT2D eigenvalue weighted by atomic mass is 16.3. The van der Waals surface area contributed by atoms with E-state index < -0.39 is 5.60 Å². The van der Waals surface area contributed by atoms with Crippen molar-refractivity contribution in [3.63, 3.8) is 0 Å². The summed E-state index contributed by atoms with van der Waals surface area (Å²) in [5.74, 6) is 0. The van der Waals surface area contributed by atoms with Gasteiger partial charge in [0.25, 0.3) is 0 Å². The van der Waals surface area contributed by atoms with Crippen LogP contribution in [0.15, 0.2) is 30.5 Å². The zero-order chi connectivity index (χ0) is 10.2. The molecule has 3 nitrogen and oxygen atoms in total. The molecule has 0 saturated heterocycles. The number of aromatic nitrogens is 2. The van der Waals surface area contributed by atoms with E-state index in [4.69, 9.17) is 0 Å². The molecule has 14 heavy (non-hydrogen) atoms. The largest absolute Gasteiger partial charge is 0.384 e. The molecule has 1 aromatic carbocycles. The second-order valence-corrected chi connectivity index (χ2v) is 3.80. The van der Waals surface area contributed by atoms with Crippen LogP contribution in [0.1, 0.15) is 19.5 Å². The summed E-state index contributed by atoms with van der Waals surface area (Å²) in [5.41, 5.74) is 1.32. The predicted octanol–water partition coefficient (Wildman–Crippen LogP) is 1.86. The SMILES string of the molecule is CC(C)(O)c1cnc2ccccc2n1. The second kappa shape index (κ2) is 3.03. The first kappa shape index (κ1) is 9.09. The van der Waals surface area contributed by atoms with Gasteiger partial charge in [-0.15, -0.1) is 0 Å². The van der Waals surface area contributed by atoms with Crippen molar-refractivity contribution < 1.29 is 5.11 Å². The molecule has 0 bridgehead atoms. The van der Waals surface area contributed by atoms with E-state index in [-0.39, 0.29) is 0 Å². The van der Waals surface area contributed by atoms with Crippen molar-refractivity contribution in [2.75, 3.05) is 0 Å². The first-order valence-corrected chi connectivity index (χ1v) is 4.52. The zero-order valence-electron chi connectivity index (χ0n) is 8.23. The van der Waals surface area contributed by atoms with Crippen LogP contribution in [-0.2, 0) is 5.60 Å². The summed E-state index contributed by atoms with van der Waals surface area (Å²) in [6.07, 6.45) is 1.61. The summed E-state index contributed by atoms with van der Waals surface area (Å²) in [7, 11) is 0. The highest BCUT2D eigenvalue weighted by Crippen LogP contribution is 2.18. The summed E-state index contributed by atoms with van der Waals surface area (Å²) in [5, 5.41) is 9.75. The van der Waals surface area contributed by atoms with Crippen LogP contribution in [0.25, 0.3) is 11.0 Å². The van der Waals surface area contributed by atoms with Crippen LogP contribution in [-0.4, -0.2) is 15.1 Å². The smallest absolute Gasteiger partial charge is 0.102 e. The molecule has 0 radical (unpaired) electrons. The Morgan fingerprint density at radius 2 is 1.79 bits per heavy atom. The number of hydrogen-bond acceptors (Lipinski definition) is 3. The molecule has 1 aromatic heterocycles. The van der Waals surface area contributed by atoms with Gasteiger partial charge in [-0.3, -0.25) is 4.98 Å². The van der Waals surface area contributed by atoms with E-state index in [0.717, 1.165) is 11.0 Å². The highest BCUT2D eigenvalue weighted by Gasteiger charge is 2.18. The van der Waals surface area contributed by atoms with Gasteiger partial charge in [0.1, 0.15) is 5.60 Å². The average Bonchev–Trinajstić information content (AvgIpc) is 2.16. The fourth-order valence-corrected chi connectivity index (χ4v) is 1.25. The maximum absolute atomic E-state index is 9.75. The fraction of sp³-hybridized carbons (Fsp3) is 0.273. The Morgan fingerprint density at radius 1 is 1.14 bits per heavy atom. The third-order valence-corrected chi connectivity index (χ3v) is 2.08. The van der Waals surface area contributed by atoms with E-state index in [1.165, 1.54) is 0 Å². The molecule has 0 amide bonds. The van der Waals surface area contributed by atoms with Crippen LogP contribution in [0, 0.1) is 0 Å². The highest BCUT2D eigenvalue weighted by molar-refractivity contribution is 5.73. The van der Waals surface area contributed by atoms with Gasteiger partial charge in [-0.1, -0.05) is 12.1 Å². The summed E-state index contributed by atoms with van der Waals surface area (Å²) in [6, 6.07) is 7.61. The molecule has 0 atom stereocenters. The Kier molecular flexibility index (Phi) is 1.97. The van der Waals surface area contributed by atoms with Crippen molar-refractivity contribution in [2.24, 2.45) is 0 Å². The van der Waals surface area contributed by atoms with E-state index in [1.807, 2.05) is 24.3 Å². The van der Waals surface area contributed by atoms with Crippen molar-refractivity contribution in [1.82, 2.24) is 9.97 Å². The summed E-state index contributed by atoms with van der Waals surface area (Å²) < 4.78 is 0. The van der Waals surface area contributed by atoms with E-state index >= 15 is 0 Å². The molecular weight excluding hydrogens is 176 g/mol. The van der Waals surface area contributed by atoms with Gasteiger partial charge in [0.2, 0.25) is 0 Å². The van der Waals surface area contributed by atoms with Crippen molar-refractivity contribution in [3.05, 3.63) is 36.2 Å². The average molecular weight is 188 g/mol. The normalized spacial score (nSPS) is 11.9. The number of nitrogens with zero attached hydrogens (tertiary/aromatic N) is 2. The minimum atomic E-state index is -0.934. The van der Waals surface area contributed by atoms with Crippen LogP contribution in [0.5, 0.6) is 0 Å². The Morgan fingerprint density at radius 3 is 2.43 bits per heavy atom. The third kappa shape index (κ3) is 1.59. The Balaban J connectivity index is 2.63. The van der Waals surface area contributed by atoms with Crippen LogP contribution < -0.4 is 0 Å². The maximum Gasteiger partial charge on any atom is 0.102 e. The molecule has 1 N–H and O–H groups in total. The molecule has 0 aliphatic rings. The first-order chi connectivity index (χ1) is 6.57. The van der Waals surface area contributed by atoms with Crippen molar-refractivity contribution in [2.45, 2.75) is 19.4 Å². The predicted molar refractivity (Wildman–Crippen MR) is 54.8 cm³/mol.